The van der Waals surface area contributed by atoms with Gasteiger partial charge in [0.2, 0.25) is 0 Å². The number of rotatable bonds is 6. The van der Waals surface area contributed by atoms with Crippen LogP contribution in [0.2, 0.25) is 0 Å². The quantitative estimate of drug-likeness (QED) is 0.866. The van der Waals surface area contributed by atoms with Crippen molar-refractivity contribution in [1.82, 2.24) is 10.2 Å². The first-order chi connectivity index (χ1) is 9.69. The van der Waals surface area contributed by atoms with Crippen molar-refractivity contribution >= 4 is 5.91 Å². The highest BCUT2D eigenvalue weighted by atomic mass is 16.5. The molecular formula is C15H24N2O3. The molecule has 0 aromatic carbocycles. The number of carbonyl (C=O) groups excluding carboxylic acids is 1. The van der Waals surface area contributed by atoms with E-state index in [1.54, 1.807) is 13.1 Å². The minimum atomic E-state index is -0.186. The lowest BCUT2D eigenvalue weighted by molar-refractivity contribution is 0.00615. The summed E-state index contributed by atoms with van der Waals surface area (Å²) < 4.78 is 11.2. The summed E-state index contributed by atoms with van der Waals surface area (Å²) in [6.45, 7) is 2.59. The van der Waals surface area contributed by atoms with E-state index in [1.165, 1.54) is 19.3 Å². The molecule has 1 amide bonds. The summed E-state index contributed by atoms with van der Waals surface area (Å²) >= 11 is 0. The van der Waals surface area contributed by atoms with Gasteiger partial charge < -0.3 is 14.5 Å². The molecule has 20 heavy (non-hydrogen) atoms. The SMILES string of the molecule is CNC(=O)c1ccc(CN(C)CC[C@H]2CCCCO2)o1. The van der Waals surface area contributed by atoms with Gasteiger partial charge in [0.05, 0.1) is 12.6 Å². The second kappa shape index (κ2) is 7.45. The third-order valence-electron chi connectivity index (χ3n) is 3.65. The Bertz CT molecular complexity index is 425. The predicted molar refractivity (Wildman–Crippen MR) is 76.6 cm³/mol. The first kappa shape index (κ1) is 15.1. The lowest BCUT2D eigenvalue weighted by Crippen LogP contribution is -2.26. The summed E-state index contributed by atoms with van der Waals surface area (Å²) in [5.74, 6) is 0.997. The molecule has 112 valence electrons. The molecule has 0 radical (unpaired) electrons. The van der Waals surface area contributed by atoms with Crippen LogP contribution in [0, 0.1) is 0 Å². The van der Waals surface area contributed by atoms with Crippen LogP contribution >= 0.6 is 0 Å². The lowest BCUT2D eigenvalue weighted by atomic mass is 10.1. The lowest BCUT2D eigenvalue weighted by Gasteiger charge is -2.24. The molecule has 0 spiro atoms. The van der Waals surface area contributed by atoms with Crippen molar-refractivity contribution < 1.29 is 13.9 Å². The third kappa shape index (κ3) is 4.35. The van der Waals surface area contributed by atoms with Crippen molar-refractivity contribution in [3.8, 4) is 0 Å². The summed E-state index contributed by atoms with van der Waals surface area (Å²) in [6, 6.07) is 3.57. The fourth-order valence-corrected chi connectivity index (χ4v) is 2.45. The van der Waals surface area contributed by atoms with Gasteiger partial charge in [-0.1, -0.05) is 0 Å². The largest absolute Gasteiger partial charge is 0.455 e. The fourth-order valence-electron chi connectivity index (χ4n) is 2.45. The van der Waals surface area contributed by atoms with Gasteiger partial charge in [-0.05, 0) is 44.9 Å². The van der Waals surface area contributed by atoms with Crippen molar-refractivity contribution in [3.63, 3.8) is 0 Å². The smallest absolute Gasteiger partial charge is 0.286 e. The Morgan fingerprint density at radius 3 is 3.00 bits per heavy atom. The third-order valence-corrected chi connectivity index (χ3v) is 3.65. The van der Waals surface area contributed by atoms with Crippen molar-refractivity contribution in [2.24, 2.45) is 0 Å². The predicted octanol–water partition coefficient (Wildman–Crippen LogP) is 2.03. The van der Waals surface area contributed by atoms with Crippen LogP contribution in [-0.4, -0.2) is 44.2 Å². The molecule has 1 aliphatic heterocycles. The number of nitrogens with zero attached hydrogens (tertiary/aromatic N) is 1. The average molecular weight is 280 g/mol. The summed E-state index contributed by atoms with van der Waals surface area (Å²) in [5.41, 5.74) is 0. The monoisotopic (exact) mass is 280 g/mol. The number of nitrogens with one attached hydrogen (secondary N) is 1. The molecule has 0 saturated carbocycles. The molecule has 2 heterocycles. The van der Waals surface area contributed by atoms with Crippen LogP contribution in [0.5, 0.6) is 0 Å². The highest BCUT2D eigenvalue weighted by Crippen LogP contribution is 2.16. The number of carbonyl (C=O) groups is 1. The van der Waals surface area contributed by atoms with Crippen LogP contribution in [0.3, 0.4) is 0 Å². The summed E-state index contributed by atoms with van der Waals surface area (Å²) in [4.78, 5) is 13.6. The number of hydrogen-bond acceptors (Lipinski definition) is 4. The molecule has 0 bridgehead atoms. The molecular weight excluding hydrogens is 256 g/mol. The minimum Gasteiger partial charge on any atom is -0.455 e. The standard InChI is InChI=1S/C15H24N2O3/c1-16-15(18)14-7-6-13(20-14)11-17(2)9-8-12-5-3-4-10-19-12/h6-7,12H,3-5,8-11H2,1-2H3,(H,16,18)/t12-/m1/s1. The maximum absolute atomic E-state index is 11.4. The highest BCUT2D eigenvalue weighted by Gasteiger charge is 2.15. The summed E-state index contributed by atoms with van der Waals surface area (Å²) in [6.07, 6.45) is 5.11. The Balaban J connectivity index is 1.74. The normalized spacial score (nSPS) is 19.2. The van der Waals surface area contributed by atoms with Crippen LogP contribution in [-0.2, 0) is 11.3 Å². The van der Waals surface area contributed by atoms with Crippen LogP contribution in [0.1, 0.15) is 42.0 Å². The Morgan fingerprint density at radius 2 is 2.30 bits per heavy atom. The fraction of sp³-hybridized carbons (Fsp3) is 0.667. The van der Waals surface area contributed by atoms with E-state index in [0.29, 0.717) is 18.4 Å². The second-order valence-electron chi connectivity index (χ2n) is 5.36. The number of ether oxygens (including phenoxy) is 1. The topological polar surface area (TPSA) is 54.7 Å². The molecule has 5 nitrogen and oxygen atoms in total. The van der Waals surface area contributed by atoms with Crippen LogP contribution < -0.4 is 5.32 Å². The molecule has 1 N–H and O–H groups in total. The summed E-state index contributed by atoms with van der Waals surface area (Å²) in [5, 5.41) is 2.55. The molecule has 1 aliphatic rings. The maximum atomic E-state index is 11.4. The van der Waals surface area contributed by atoms with Gasteiger partial charge in [-0.2, -0.15) is 0 Å². The van der Waals surface area contributed by atoms with Crippen molar-refractivity contribution in [2.75, 3.05) is 27.2 Å². The minimum absolute atomic E-state index is 0.186. The Morgan fingerprint density at radius 1 is 1.45 bits per heavy atom. The molecule has 1 saturated heterocycles. The maximum Gasteiger partial charge on any atom is 0.286 e. The van der Waals surface area contributed by atoms with Crippen LogP contribution in [0.15, 0.2) is 16.5 Å². The number of furan rings is 1. The van der Waals surface area contributed by atoms with Gasteiger partial charge in [0.25, 0.3) is 5.91 Å². The summed E-state index contributed by atoms with van der Waals surface area (Å²) in [7, 11) is 3.66. The molecule has 5 heteroatoms. The van der Waals surface area contributed by atoms with Crippen molar-refractivity contribution in [2.45, 2.75) is 38.3 Å². The first-order valence-corrected chi connectivity index (χ1v) is 7.30. The second-order valence-corrected chi connectivity index (χ2v) is 5.36. The van der Waals surface area contributed by atoms with Gasteiger partial charge in [0, 0.05) is 20.2 Å². The van der Waals surface area contributed by atoms with Gasteiger partial charge in [0.15, 0.2) is 5.76 Å². The Labute approximate surface area is 120 Å². The van der Waals surface area contributed by atoms with Crippen molar-refractivity contribution in [3.05, 3.63) is 23.7 Å². The zero-order chi connectivity index (χ0) is 14.4. The zero-order valence-electron chi connectivity index (χ0n) is 12.4. The van der Waals surface area contributed by atoms with Gasteiger partial charge >= 0.3 is 0 Å². The molecule has 1 aromatic rings. The molecule has 1 aromatic heterocycles. The number of amides is 1. The van der Waals surface area contributed by atoms with Crippen molar-refractivity contribution in [1.29, 1.82) is 0 Å². The zero-order valence-corrected chi connectivity index (χ0v) is 12.4. The Hall–Kier alpha value is -1.33. The average Bonchev–Trinajstić information content (AvgIpc) is 2.94. The molecule has 1 atom stereocenters. The van der Waals surface area contributed by atoms with E-state index in [9.17, 15) is 4.79 Å². The van der Waals surface area contributed by atoms with E-state index in [-0.39, 0.29) is 5.91 Å². The van der Waals surface area contributed by atoms with Gasteiger partial charge in [-0.15, -0.1) is 0 Å². The molecule has 0 aliphatic carbocycles. The number of hydrogen-bond donors (Lipinski definition) is 1. The van der Waals surface area contributed by atoms with Crippen LogP contribution in [0.25, 0.3) is 0 Å². The molecule has 2 rings (SSSR count). The van der Waals surface area contributed by atoms with E-state index >= 15 is 0 Å². The van der Waals surface area contributed by atoms with E-state index in [0.717, 1.165) is 25.3 Å². The first-order valence-electron chi connectivity index (χ1n) is 7.30. The van der Waals surface area contributed by atoms with Crippen LogP contribution in [0.4, 0.5) is 0 Å². The Kier molecular flexibility index (Phi) is 5.61. The van der Waals surface area contributed by atoms with E-state index < -0.39 is 0 Å². The van der Waals surface area contributed by atoms with Gasteiger partial charge in [0.1, 0.15) is 5.76 Å². The highest BCUT2D eigenvalue weighted by molar-refractivity contribution is 5.91. The van der Waals surface area contributed by atoms with E-state index in [1.807, 2.05) is 6.07 Å². The van der Waals surface area contributed by atoms with E-state index in [4.69, 9.17) is 9.15 Å². The van der Waals surface area contributed by atoms with Gasteiger partial charge in [-0.25, -0.2) is 0 Å². The molecule has 0 unspecified atom stereocenters. The van der Waals surface area contributed by atoms with E-state index in [2.05, 4.69) is 17.3 Å². The molecule has 1 fully saturated rings. The van der Waals surface area contributed by atoms with Gasteiger partial charge in [-0.3, -0.25) is 9.69 Å².